The Morgan fingerprint density at radius 1 is 1.53 bits per heavy atom. The highest BCUT2D eigenvalue weighted by Gasteiger charge is 2.33. The van der Waals surface area contributed by atoms with Crippen molar-refractivity contribution < 1.29 is 17.9 Å². The maximum Gasteiger partial charge on any atom is 0.308 e. The minimum Gasteiger partial charge on any atom is -0.457 e. The molecule has 0 saturated carbocycles. The maximum absolute atomic E-state index is 11.8. The first-order valence-electron chi connectivity index (χ1n) is 5.42. The SMILES string of the molecule is CC(C)C(=O)O[C@@H]1CCS(=O)(=O)c2sccc21. The lowest BCUT2D eigenvalue weighted by Gasteiger charge is -2.23. The number of thiophene rings is 1. The molecule has 1 aromatic rings. The molecule has 6 heteroatoms. The predicted octanol–water partition coefficient (Wildman–Crippen LogP) is 2.17. The molecular formula is C11H14O4S2. The predicted molar refractivity (Wildman–Crippen MR) is 64.7 cm³/mol. The third-order valence-electron chi connectivity index (χ3n) is 2.67. The van der Waals surface area contributed by atoms with Crippen LogP contribution >= 0.6 is 11.3 Å². The number of carbonyl (C=O) groups is 1. The van der Waals surface area contributed by atoms with E-state index in [1.807, 2.05) is 0 Å². The van der Waals surface area contributed by atoms with Crippen LogP contribution in [0.4, 0.5) is 0 Å². The van der Waals surface area contributed by atoms with E-state index in [0.29, 0.717) is 16.2 Å². The Labute approximate surface area is 105 Å². The second-order valence-corrected chi connectivity index (χ2v) is 7.57. The van der Waals surface area contributed by atoms with Gasteiger partial charge in [0.2, 0.25) is 0 Å². The maximum atomic E-state index is 11.8. The Bertz CT molecular complexity index is 527. The van der Waals surface area contributed by atoms with Crippen molar-refractivity contribution in [1.29, 1.82) is 0 Å². The Morgan fingerprint density at radius 2 is 2.24 bits per heavy atom. The third kappa shape index (κ3) is 2.37. The van der Waals surface area contributed by atoms with Crippen molar-refractivity contribution >= 4 is 27.1 Å². The first-order valence-corrected chi connectivity index (χ1v) is 7.95. The zero-order valence-corrected chi connectivity index (χ0v) is 11.3. The van der Waals surface area contributed by atoms with Crippen molar-refractivity contribution in [3.63, 3.8) is 0 Å². The summed E-state index contributed by atoms with van der Waals surface area (Å²) >= 11 is 1.19. The quantitative estimate of drug-likeness (QED) is 0.775. The number of esters is 1. The van der Waals surface area contributed by atoms with E-state index in [-0.39, 0.29) is 17.6 Å². The second-order valence-electron chi connectivity index (χ2n) is 4.35. The molecule has 0 aliphatic carbocycles. The molecule has 0 unspecified atom stereocenters. The van der Waals surface area contributed by atoms with Crippen LogP contribution < -0.4 is 0 Å². The normalized spacial score (nSPS) is 22.2. The summed E-state index contributed by atoms with van der Waals surface area (Å²) in [7, 11) is -3.16. The summed E-state index contributed by atoms with van der Waals surface area (Å²) in [6, 6.07) is 1.73. The zero-order chi connectivity index (χ0) is 12.6. The van der Waals surface area contributed by atoms with Crippen LogP contribution in [0.15, 0.2) is 15.7 Å². The smallest absolute Gasteiger partial charge is 0.308 e. The van der Waals surface area contributed by atoms with Gasteiger partial charge in [-0.2, -0.15) is 0 Å². The minimum atomic E-state index is -3.16. The van der Waals surface area contributed by atoms with Crippen LogP contribution in [0.3, 0.4) is 0 Å². The lowest BCUT2D eigenvalue weighted by molar-refractivity contribution is -0.153. The summed E-state index contributed by atoms with van der Waals surface area (Å²) in [6.07, 6.45) is -0.0560. The van der Waals surface area contributed by atoms with Gasteiger partial charge in [-0.15, -0.1) is 11.3 Å². The molecule has 2 heterocycles. The molecule has 1 atom stereocenters. The van der Waals surface area contributed by atoms with Gasteiger partial charge in [0, 0.05) is 12.0 Å². The molecule has 0 aromatic carbocycles. The van der Waals surface area contributed by atoms with Gasteiger partial charge in [0.05, 0.1) is 11.7 Å². The molecule has 0 spiro atoms. The number of rotatable bonds is 2. The van der Waals surface area contributed by atoms with Gasteiger partial charge in [-0.3, -0.25) is 4.79 Å². The van der Waals surface area contributed by atoms with Gasteiger partial charge in [-0.1, -0.05) is 13.8 Å². The average molecular weight is 274 g/mol. The monoisotopic (exact) mass is 274 g/mol. The number of ether oxygens (including phenoxy) is 1. The number of hydrogen-bond acceptors (Lipinski definition) is 5. The Hall–Kier alpha value is -0.880. The van der Waals surface area contributed by atoms with E-state index >= 15 is 0 Å². The van der Waals surface area contributed by atoms with E-state index in [1.165, 1.54) is 11.3 Å². The molecule has 94 valence electrons. The van der Waals surface area contributed by atoms with Gasteiger partial charge in [0.15, 0.2) is 9.84 Å². The molecule has 4 nitrogen and oxygen atoms in total. The molecule has 1 aromatic heterocycles. The molecule has 0 fully saturated rings. The summed E-state index contributed by atoms with van der Waals surface area (Å²) in [5.41, 5.74) is 0.634. The fourth-order valence-electron chi connectivity index (χ4n) is 1.71. The Balaban J connectivity index is 2.27. The number of hydrogen-bond donors (Lipinski definition) is 0. The molecule has 2 rings (SSSR count). The van der Waals surface area contributed by atoms with E-state index in [9.17, 15) is 13.2 Å². The van der Waals surface area contributed by atoms with Crippen LogP contribution in [0.25, 0.3) is 0 Å². The average Bonchev–Trinajstić information content (AvgIpc) is 2.72. The first kappa shape index (κ1) is 12.6. The van der Waals surface area contributed by atoms with Crippen molar-refractivity contribution in [2.45, 2.75) is 30.6 Å². The fraction of sp³-hybridized carbons (Fsp3) is 0.545. The van der Waals surface area contributed by atoms with Crippen LogP contribution in [0, 0.1) is 5.92 Å². The van der Waals surface area contributed by atoms with Gasteiger partial charge in [-0.05, 0) is 11.4 Å². The van der Waals surface area contributed by atoms with Gasteiger partial charge in [-0.25, -0.2) is 8.42 Å². The van der Waals surface area contributed by atoms with Crippen LogP contribution in [0.2, 0.25) is 0 Å². The highest BCUT2D eigenvalue weighted by atomic mass is 32.2. The Morgan fingerprint density at radius 3 is 2.88 bits per heavy atom. The third-order valence-corrected chi connectivity index (χ3v) is 6.01. The van der Waals surface area contributed by atoms with E-state index < -0.39 is 15.9 Å². The van der Waals surface area contributed by atoms with Gasteiger partial charge in [0.25, 0.3) is 0 Å². The summed E-state index contributed by atoms with van der Waals surface area (Å²) in [4.78, 5) is 11.5. The summed E-state index contributed by atoms with van der Waals surface area (Å²) in [5.74, 6) is -0.432. The molecule has 0 N–H and O–H groups in total. The van der Waals surface area contributed by atoms with Crippen molar-refractivity contribution in [3.8, 4) is 0 Å². The molecule has 1 aliphatic rings. The fourth-order valence-corrected chi connectivity index (χ4v) is 4.65. The summed E-state index contributed by atoms with van der Waals surface area (Å²) in [6.45, 7) is 3.52. The van der Waals surface area contributed by atoms with Crippen molar-refractivity contribution in [1.82, 2.24) is 0 Å². The zero-order valence-electron chi connectivity index (χ0n) is 9.67. The summed E-state index contributed by atoms with van der Waals surface area (Å²) < 4.78 is 29.2. The molecule has 17 heavy (non-hydrogen) atoms. The lowest BCUT2D eigenvalue weighted by atomic mass is 10.1. The van der Waals surface area contributed by atoms with Crippen LogP contribution in [-0.4, -0.2) is 20.1 Å². The van der Waals surface area contributed by atoms with Crippen molar-refractivity contribution in [2.75, 3.05) is 5.75 Å². The van der Waals surface area contributed by atoms with E-state index in [4.69, 9.17) is 4.74 Å². The number of carbonyl (C=O) groups excluding carboxylic acids is 1. The summed E-state index contributed by atoms with van der Waals surface area (Å²) in [5, 5.41) is 1.73. The standard InChI is InChI=1S/C11H14O4S2/c1-7(2)10(12)15-9-4-6-17(13,14)11-8(9)3-5-16-11/h3,5,7,9H,4,6H2,1-2H3/t9-/m1/s1. The Kier molecular flexibility index (Phi) is 3.27. The van der Waals surface area contributed by atoms with E-state index in [1.54, 1.807) is 25.3 Å². The number of sulfone groups is 1. The highest BCUT2D eigenvalue weighted by molar-refractivity contribution is 7.93. The van der Waals surface area contributed by atoms with E-state index in [2.05, 4.69) is 0 Å². The molecular weight excluding hydrogens is 260 g/mol. The largest absolute Gasteiger partial charge is 0.457 e. The lowest BCUT2D eigenvalue weighted by Crippen LogP contribution is -2.23. The van der Waals surface area contributed by atoms with Crippen LogP contribution in [0.5, 0.6) is 0 Å². The van der Waals surface area contributed by atoms with Crippen LogP contribution in [0.1, 0.15) is 31.9 Å². The number of fused-ring (bicyclic) bond motifs is 1. The molecule has 0 amide bonds. The van der Waals surface area contributed by atoms with Gasteiger partial charge < -0.3 is 4.74 Å². The van der Waals surface area contributed by atoms with Crippen molar-refractivity contribution in [2.24, 2.45) is 5.92 Å². The van der Waals surface area contributed by atoms with Crippen molar-refractivity contribution in [3.05, 3.63) is 17.0 Å². The minimum absolute atomic E-state index is 0.0521. The first-order chi connectivity index (χ1) is 7.92. The molecule has 0 saturated heterocycles. The molecule has 0 bridgehead atoms. The topological polar surface area (TPSA) is 60.4 Å². The van der Waals surface area contributed by atoms with E-state index in [0.717, 1.165) is 0 Å². The molecule has 0 radical (unpaired) electrons. The van der Waals surface area contributed by atoms with Gasteiger partial charge >= 0.3 is 5.97 Å². The van der Waals surface area contributed by atoms with Gasteiger partial charge in [0.1, 0.15) is 10.3 Å². The highest BCUT2D eigenvalue weighted by Crippen LogP contribution is 2.38. The molecule has 1 aliphatic heterocycles. The van der Waals surface area contributed by atoms with Crippen LogP contribution in [-0.2, 0) is 19.4 Å². The second kappa shape index (κ2) is 4.42.